The van der Waals surface area contributed by atoms with E-state index < -0.39 is 16.0 Å². The molecular weight excluding hydrogens is 332 g/mol. The molecule has 1 aliphatic rings. The number of aromatic carboxylic acids is 1. The fourth-order valence-corrected chi connectivity index (χ4v) is 4.11. The Bertz CT molecular complexity index is 712. The quantitative estimate of drug-likeness (QED) is 0.878. The van der Waals surface area contributed by atoms with Crippen LogP contribution in [0.5, 0.6) is 0 Å². The van der Waals surface area contributed by atoms with Gasteiger partial charge in [-0.25, -0.2) is 13.2 Å². The maximum absolute atomic E-state index is 12.7. The van der Waals surface area contributed by atoms with Crippen LogP contribution < -0.4 is 0 Å². The first kappa shape index (κ1) is 18.4. The van der Waals surface area contributed by atoms with Crippen LogP contribution in [0.15, 0.2) is 29.2 Å². The molecule has 1 aromatic rings. The van der Waals surface area contributed by atoms with Crippen LogP contribution in [0, 0.1) is 5.92 Å². The first-order valence-corrected chi connectivity index (χ1v) is 9.30. The number of hydrogen-bond acceptors (Lipinski definition) is 4. The number of nitrogens with zero attached hydrogens (tertiary/aromatic N) is 2. The second kappa shape index (κ2) is 7.31. The van der Waals surface area contributed by atoms with Crippen molar-refractivity contribution >= 4 is 21.9 Å². The lowest BCUT2D eigenvalue weighted by atomic mass is 10.2. The molecular formula is C16H22N2O5S. The third kappa shape index (κ3) is 3.93. The molecule has 0 bridgehead atoms. The zero-order valence-electron chi connectivity index (χ0n) is 13.8. The summed E-state index contributed by atoms with van der Waals surface area (Å²) in [5, 5.41) is 8.89. The summed E-state index contributed by atoms with van der Waals surface area (Å²) in [7, 11) is -3.69. The summed E-state index contributed by atoms with van der Waals surface area (Å²) in [5.41, 5.74) is 0.0403. The average molecular weight is 354 g/mol. The highest BCUT2D eigenvalue weighted by molar-refractivity contribution is 7.89. The highest BCUT2D eigenvalue weighted by Gasteiger charge is 2.28. The Hall–Kier alpha value is -1.93. The van der Waals surface area contributed by atoms with Gasteiger partial charge in [0.15, 0.2) is 0 Å². The molecule has 0 aliphatic carbocycles. The zero-order chi connectivity index (χ0) is 17.9. The molecule has 0 unspecified atom stereocenters. The van der Waals surface area contributed by atoms with Crippen LogP contribution in [0.3, 0.4) is 0 Å². The number of carboxylic acids is 1. The Morgan fingerprint density at radius 1 is 1.04 bits per heavy atom. The van der Waals surface area contributed by atoms with Gasteiger partial charge in [-0.3, -0.25) is 4.79 Å². The predicted molar refractivity (Wildman–Crippen MR) is 88.2 cm³/mol. The van der Waals surface area contributed by atoms with Crippen molar-refractivity contribution in [1.29, 1.82) is 0 Å². The zero-order valence-corrected chi connectivity index (χ0v) is 14.6. The molecule has 1 amide bonds. The fraction of sp³-hybridized carbons (Fsp3) is 0.500. The van der Waals surface area contributed by atoms with Crippen molar-refractivity contribution in [2.75, 3.05) is 26.2 Å². The topological polar surface area (TPSA) is 95.0 Å². The van der Waals surface area contributed by atoms with E-state index in [2.05, 4.69) is 0 Å². The van der Waals surface area contributed by atoms with Gasteiger partial charge in [0.2, 0.25) is 15.9 Å². The largest absolute Gasteiger partial charge is 0.478 e. The van der Waals surface area contributed by atoms with Gasteiger partial charge in [-0.05, 0) is 30.7 Å². The van der Waals surface area contributed by atoms with E-state index in [1.807, 2.05) is 13.8 Å². The van der Waals surface area contributed by atoms with Crippen molar-refractivity contribution in [2.45, 2.75) is 25.2 Å². The number of rotatable bonds is 4. The lowest BCUT2D eigenvalue weighted by molar-refractivity contribution is -0.134. The molecule has 1 aromatic carbocycles. The third-order valence-electron chi connectivity index (χ3n) is 4.00. The number of carbonyl (C=O) groups excluding carboxylic acids is 1. The lowest BCUT2D eigenvalue weighted by Crippen LogP contribution is -2.38. The van der Waals surface area contributed by atoms with Crippen molar-refractivity contribution in [1.82, 2.24) is 9.21 Å². The second-order valence-electron chi connectivity index (χ2n) is 6.07. The summed E-state index contributed by atoms with van der Waals surface area (Å²) >= 11 is 0. The SMILES string of the molecule is CC(C)C(=O)N1CCCN(S(=O)(=O)c2ccc(C(=O)O)cc2)CC1. The van der Waals surface area contributed by atoms with Crippen LogP contribution >= 0.6 is 0 Å². The molecule has 2 rings (SSSR count). The van der Waals surface area contributed by atoms with Gasteiger partial charge in [0, 0.05) is 32.1 Å². The average Bonchev–Trinajstić information content (AvgIpc) is 2.80. The maximum atomic E-state index is 12.7. The smallest absolute Gasteiger partial charge is 0.335 e. The molecule has 7 nitrogen and oxygen atoms in total. The van der Waals surface area contributed by atoms with Crippen molar-refractivity contribution in [3.8, 4) is 0 Å². The van der Waals surface area contributed by atoms with E-state index in [9.17, 15) is 18.0 Å². The Morgan fingerprint density at radius 2 is 1.67 bits per heavy atom. The van der Waals surface area contributed by atoms with Crippen molar-refractivity contribution in [2.24, 2.45) is 5.92 Å². The minimum absolute atomic E-state index is 0.0278. The molecule has 132 valence electrons. The molecule has 0 atom stereocenters. The minimum Gasteiger partial charge on any atom is -0.478 e. The molecule has 1 aliphatic heterocycles. The van der Waals surface area contributed by atoms with E-state index in [1.54, 1.807) is 4.90 Å². The van der Waals surface area contributed by atoms with Crippen molar-refractivity contribution < 1.29 is 23.1 Å². The van der Waals surface area contributed by atoms with Crippen molar-refractivity contribution in [3.63, 3.8) is 0 Å². The molecule has 0 saturated carbocycles. The summed E-state index contributed by atoms with van der Waals surface area (Å²) in [6, 6.07) is 5.17. The van der Waals surface area contributed by atoms with E-state index in [4.69, 9.17) is 5.11 Å². The third-order valence-corrected chi connectivity index (χ3v) is 5.91. The first-order chi connectivity index (χ1) is 11.2. The van der Waals surface area contributed by atoms with E-state index in [1.165, 1.54) is 28.6 Å². The lowest BCUT2D eigenvalue weighted by Gasteiger charge is -2.23. The monoisotopic (exact) mass is 354 g/mol. The maximum Gasteiger partial charge on any atom is 0.335 e. The van der Waals surface area contributed by atoms with E-state index in [0.29, 0.717) is 26.1 Å². The van der Waals surface area contributed by atoms with Gasteiger partial charge < -0.3 is 10.0 Å². The van der Waals surface area contributed by atoms with Gasteiger partial charge in [0.25, 0.3) is 0 Å². The van der Waals surface area contributed by atoms with Gasteiger partial charge >= 0.3 is 5.97 Å². The van der Waals surface area contributed by atoms with Gasteiger partial charge in [-0.1, -0.05) is 13.8 Å². The number of sulfonamides is 1. The molecule has 1 N–H and O–H groups in total. The molecule has 0 spiro atoms. The van der Waals surface area contributed by atoms with Crippen LogP contribution in [-0.2, 0) is 14.8 Å². The highest BCUT2D eigenvalue weighted by atomic mass is 32.2. The van der Waals surface area contributed by atoms with Crippen LogP contribution in [0.25, 0.3) is 0 Å². The number of benzene rings is 1. The summed E-state index contributed by atoms with van der Waals surface area (Å²) in [6.45, 7) is 5.13. The normalized spacial score (nSPS) is 16.9. The van der Waals surface area contributed by atoms with Crippen molar-refractivity contribution in [3.05, 3.63) is 29.8 Å². The van der Waals surface area contributed by atoms with Crippen LogP contribution in [0.4, 0.5) is 0 Å². The van der Waals surface area contributed by atoms with Crippen LogP contribution in [-0.4, -0.2) is 60.8 Å². The Morgan fingerprint density at radius 3 is 2.21 bits per heavy atom. The molecule has 1 fully saturated rings. The Labute approximate surface area is 141 Å². The summed E-state index contributed by atoms with van der Waals surface area (Å²) in [6.07, 6.45) is 0.574. The van der Waals surface area contributed by atoms with E-state index in [0.717, 1.165) is 0 Å². The number of carboxylic acid groups (broad SMARTS) is 1. The summed E-state index contributed by atoms with van der Waals surface area (Å²) < 4.78 is 26.8. The van der Waals surface area contributed by atoms with E-state index in [-0.39, 0.29) is 28.8 Å². The number of hydrogen-bond donors (Lipinski definition) is 1. The van der Waals surface area contributed by atoms with Crippen LogP contribution in [0.1, 0.15) is 30.6 Å². The molecule has 24 heavy (non-hydrogen) atoms. The molecule has 1 heterocycles. The molecule has 1 saturated heterocycles. The van der Waals surface area contributed by atoms with Gasteiger partial charge in [-0.2, -0.15) is 4.31 Å². The fourth-order valence-electron chi connectivity index (χ4n) is 2.64. The van der Waals surface area contributed by atoms with Crippen LogP contribution in [0.2, 0.25) is 0 Å². The number of carbonyl (C=O) groups is 2. The number of amides is 1. The Balaban J connectivity index is 2.15. The highest BCUT2D eigenvalue weighted by Crippen LogP contribution is 2.19. The molecule has 0 radical (unpaired) electrons. The van der Waals surface area contributed by atoms with Gasteiger partial charge in [0.05, 0.1) is 10.5 Å². The minimum atomic E-state index is -3.69. The second-order valence-corrected chi connectivity index (χ2v) is 8.01. The summed E-state index contributed by atoms with van der Waals surface area (Å²) in [4.78, 5) is 24.7. The molecule has 8 heteroatoms. The van der Waals surface area contributed by atoms with Gasteiger partial charge in [0.1, 0.15) is 0 Å². The van der Waals surface area contributed by atoms with E-state index >= 15 is 0 Å². The Kier molecular flexibility index (Phi) is 5.61. The first-order valence-electron chi connectivity index (χ1n) is 7.86. The standard InChI is InChI=1S/C16H22N2O5S/c1-12(2)15(19)17-8-3-9-18(11-10-17)24(22,23)14-6-4-13(5-7-14)16(20)21/h4-7,12H,3,8-11H2,1-2H3,(H,20,21). The predicted octanol–water partition coefficient (Wildman–Crippen LogP) is 1.26. The molecule has 0 aromatic heterocycles. The summed E-state index contributed by atoms with van der Waals surface area (Å²) in [5.74, 6) is -1.19. The van der Waals surface area contributed by atoms with Gasteiger partial charge in [-0.15, -0.1) is 0 Å².